The molecule has 0 fully saturated rings. The van der Waals surface area contributed by atoms with Gasteiger partial charge in [0.25, 0.3) is 5.56 Å². The molecular weight excluding hydrogens is 414 g/mol. The number of aromatic nitrogens is 2. The molecule has 32 heavy (non-hydrogen) atoms. The highest BCUT2D eigenvalue weighted by atomic mass is 19.1. The number of carbonyl (C=O) groups is 1. The number of likely N-dealkylation sites (N-methyl/N-ethyl adjacent to an activating group) is 1. The summed E-state index contributed by atoms with van der Waals surface area (Å²) in [5.74, 6) is -1.04. The number of hydrogen-bond donors (Lipinski definition) is 1. The first-order chi connectivity index (χ1) is 15.4. The zero-order chi connectivity index (χ0) is 22.8. The Balaban J connectivity index is 1.75. The van der Waals surface area contributed by atoms with E-state index in [1.54, 1.807) is 13.0 Å². The molecule has 2 heterocycles. The van der Waals surface area contributed by atoms with Crippen LogP contribution in [0.5, 0.6) is 0 Å². The fourth-order valence-corrected chi connectivity index (χ4v) is 3.87. The SMILES string of the molecule is CCN1CCc2nc(-c3ccc(F)cc3)n(CC(=O)Nc3cc(F)ccc3C)c(=O)c2C1. The summed E-state index contributed by atoms with van der Waals surface area (Å²) < 4.78 is 28.4. The summed E-state index contributed by atoms with van der Waals surface area (Å²) >= 11 is 0. The van der Waals surface area contributed by atoms with E-state index < -0.39 is 17.5 Å². The monoisotopic (exact) mass is 438 g/mol. The summed E-state index contributed by atoms with van der Waals surface area (Å²) in [5, 5.41) is 2.68. The van der Waals surface area contributed by atoms with Crippen LogP contribution in [0.4, 0.5) is 14.5 Å². The van der Waals surface area contributed by atoms with Gasteiger partial charge in [-0.25, -0.2) is 13.8 Å². The van der Waals surface area contributed by atoms with E-state index in [0.29, 0.717) is 46.9 Å². The Morgan fingerprint density at radius 3 is 2.56 bits per heavy atom. The average molecular weight is 438 g/mol. The number of anilines is 1. The Bertz CT molecular complexity index is 1220. The fraction of sp³-hybridized carbons (Fsp3) is 0.292. The second kappa shape index (κ2) is 9.00. The number of nitrogens with one attached hydrogen (secondary N) is 1. The molecule has 1 amide bonds. The molecule has 0 atom stereocenters. The van der Waals surface area contributed by atoms with Crippen LogP contribution in [0, 0.1) is 18.6 Å². The van der Waals surface area contributed by atoms with Gasteiger partial charge in [0.15, 0.2) is 0 Å². The summed E-state index contributed by atoms with van der Waals surface area (Å²) in [7, 11) is 0. The third kappa shape index (κ3) is 4.45. The first-order valence-electron chi connectivity index (χ1n) is 10.5. The molecule has 0 saturated carbocycles. The average Bonchev–Trinajstić information content (AvgIpc) is 2.78. The van der Waals surface area contributed by atoms with Gasteiger partial charge in [0.1, 0.15) is 24.0 Å². The van der Waals surface area contributed by atoms with E-state index in [2.05, 4.69) is 10.2 Å². The highest BCUT2D eigenvalue weighted by Crippen LogP contribution is 2.22. The normalized spacial score (nSPS) is 13.6. The molecule has 8 heteroatoms. The van der Waals surface area contributed by atoms with Crippen molar-refractivity contribution in [3.05, 3.63) is 81.3 Å². The minimum Gasteiger partial charge on any atom is -0.324 e. The lowest BCUT2D eigenvalue weighted by molar-refractivity contribution is -0.116. The second-order valence-corrected chi connectivity index (χ2v) is 7.89. The summed E-state index contributed by atoms with van der Waals surface area (Å²) in [5.41, 5.74) is 2.57. The Morgan fingerprint density at radius 2 is 1.84 bits per heavy atom. The third-order valence-corrected chi connectivity index (χ3v) is 5.72. The topological polar surface area (TPSA) is 67.2 Å². The smallest absolute Gasteiger partial charge is 0.259 e. The van der Waals surface area contributed by atoms with Gasteiger partial charge in [0, 0.05) is 30.8 Å². The zero-order valence-corrected chi connectivity index (χ0v) is 18.0. The number of aryl methyl sites for hydroxylation is 1. The van der Waals surface area contributed by atoms with Gasteiger partial charge < -0.3 is 5.32 Å². The minimum absolute atomic E-state index is 0.293. The van der Waals surface area contributed by atoms with E-state index in [9.17, 15) is 18.4 Å². The number of amides is 1. The van der Waals surface area contributed by atoms with Crippen LogP contribution in [-0.4, -0.2) is 33.4 Å². The molecule has 166 valence electrons. The van der Waals surface area contributed by atoms with E-state index in [1.807, 2.05) is 6.92 Å². The molecule has 6 nitrogen and oxygen atoms in total. The predicted octanol–water partition coefficient (Wildman–Crippen LogP) is 3.51. The Hall–Kier alpha value is -3.39. The van der Waals surface area contributed by atoms with Crippen molar-refractivity contribution in [3.8, 4) is 11.4 Å². The van der Waals surface area contributed by atoms with Crippen LogP contribution in [0.25, 0.3) is 11.4 Å². The maximum atomic E-state index is 13.6. The lowest BCUT2D eigenvalue weighted by Gasteiger charge is -2.27. The molecule has 1 aliphatic rings. The van der Waals surface area contributed by atoms with Crippen molar-refractivity contribution in [1.29, 1.82) is 0 Å². The van der Waals surface area contributed by atoms with Crippen LogP contribution in [0.15, 0.2) is 47.3 Å². The molecule has 3 aromatic rings. The van der Waals surface area contributed by atoms with E-state index in [0.717, 1.165) is 13.1 Å². The number of benzene rings is 2. The molecule has 0 radical (unpaired) electrons. The molecule has 2 aromatic carbocycles. The summed E-state index contributed by atoms with van der Waals surface area (Å²) in [6.07, 6.45) is 0.627. The Labute approximate surface area is 184 Å². The van der Waals surface area contributed by atoms with Gasteiger partial charge in [0.05, 0.1) is 11.3 Å². The summed E-state index contributed by atoms with van der Waals surface area (Å²) in [6.45, 7) is 5.55. The number of halogens is 2. The number of rotatable bonds is 5. The van der Waals surface area contributed by atoms with Gasteiger partial charge in [-0.1, -0.05) is 13.0 Å². The molecule has 1 aromatic heterocycles. The van der Waals surface area contributed by atoms with Gasteiger partial charge in [-0.2, -0.15) is 0 Å². The van der Waals surface area contributed by atoms with Crippen molar-refractivity contribution in [2.24, 2.45) is 0 Å². The van der Waals surface area contributed by atoms with Crippen molar-refractivity contribution in [3.63, 3.8) is 0 Å². The molecule has 0 unspecified atom stereocenters. The quantitative estimate of drug-likeness (QED) is 0.662. The summed E-state index contributed by atoms with van der Waals surface area (Å²) in [6, 6.07) is 9.78. The first-order valence-corrected chi connectivity index (χ1v) is 10.5. The van der Waals surface area contributed by atoms with E-state index in [4.69, 9.17) is 4.98 Å². The van der Waals surface area contributed by atoms with Crippen LogP contribution in [-0.2, 0) is 24.3 Å². The molecule has 0 saturated heterocycles. The van der Waals surface area contributed by atoms with Crippen LogP contribution in [0.1, 0.15) is 23.7 Å². The number of carbonyl (C=O) groups excluding carboxylic acids is 1. The molecule has 0 spiro atoms. The minimum atomic E-state index is -0.478. The van der Waals surface area contributed by atoms with Crippen molar-refractivity contribution < 1.29 is 13.6 Å². The van der Waals surface area contributed by atoms with Gasteiger partial charge in [0.2, 0.25) is 5.91 Å². The zero-order valence-electron chi connectivity index (χ0n) is 18.0. The van der Waals surface area contributed by atoms with Crippen molar-refractivity contribution >= 4 is 11.6 Å². The van der Waals surface area contributed by atoms with Gasteiger partial charge >= 0.3 is 0 Å². The Morgan fingerprint density at radius 1 is 1.12 bits per heavy atom. The standard InChI is InChI=1S/C24H24F2N4O2/c1-3-29-11-10-20-19(13-29)24(32)30(23(28-20)16-5-8-17(25)9-6-16)14-22(31)27-21-12-18(26)7-4-15(21)2/h4-9,12H,3,10-11,13-14H2,1-2H3,(H,27,31). The van der Waals surface area contributed by atoms with Crippen LogP contribution >= 0.6 is 0 Å². The maximum Gasteiger partial charge on any atom is 0.259 e. The van der Waals surface area contributed by atoms with Gasteiger partial charge in [-0.3, -0.25) is 19.1 Å². The molecule has 4 rings (SSSR count). The maximum absolute atomic E-state index is 13.6. The number of fused-ring (bicyclic) bond motifs is 1. The highest BCUT2D eigenvalue weighted by Gasteiger charge is 2.24. The van der Waals surface area contributed by atoms with E-state index in [-0.39, 0.29) is 12.1 Å². The molecule has 1 aliphatic heterocycles. The van der Waals surface area contributed by atoms with Crippen molar-refractivity contribution in [1.82, 2.24) is 14.5 Å². The Kier molecular flexibility index (Phi) is 6.14. The first kappa shape index (κ1) is 21.8. The lowest BCUT2D eigenvalue weighted by atomic mass is 10.1. The predicted molar refractivity (Wildman–Crippen MR) is 118 cm³/mol. The highest BCUT2D eigenvalue weighted by molar-refractivity contribution is 5.91. The lowest BCUT2D eigenvalue weighted by Crippen LogP contribution is -2.39. The van der Waals surface area contributed by atoms with Crippen LogP contribution in [0.3, 0.4) is 0 Å². The number of nitrogens with zero attached hydrogens (tertiary/aromatic N) is 3. The fourth-order valence-electron chi connectivity index (χ4n) is 3.87. The largest absolute Gasteiger partial charge is 0.324 e. The van der Waals surface area contributed by atoms with E-state index >= 15 is 0 Å². The van der Waals surface area contributed by atoms with Crippen LogP contribution in [0.2, 0.25) is 0 Å². The second-order valence-electron chi connectivity index (χ2n) is 7.89. The molecule has 0 aliphatic carbocycles. The summed E-state index contributed by atoms with van der Waals surface area (Å²) in [4.78, 5) is 33.1. The van der Waals surface area contributed by atoms with Gasteiger partial charge in [-0.05, 0) is 55.4 Å². The molecule has 1 N–H and O–H groups in total. The molecular formula is C24H24F2N4O2. The molecule has 0 bridgehead atoms. The third-order valence-electron chi connectivity index (χ3n) is 5.72. The van der Waals surface area contributed by atoms with Crippen LogP contribution < -0.4 is 10.9 Å². The van der Waals surface area contributed by atoms with Crippen molar-refractivity contribution in [2.75, 3.05) is 18.4 Å². The van der Waals surface area contributed by atoms with E-state index in [1.165, 1.54) is 41.0 Å². The van der Waals surface area contributed by atoms with Gasteiger partial charge in [-0.15, -0.1) is 0 Å². The number of hydrogen-bond acceptors (Lipinski definition) is 4. The van der Waals surface area contributed by atoms with Crippen molar-refractivity contribution in [2.45, 2.75) is 33.4 Å².